The molecule has 0 saturated carbocycles. The molecule has 0 heterocycles. The van der Waals surface area contributed by atoms with E-state index in [1.54, 1.807) is 6.07 Å². The second-order valence-corrected chi connectivity index (χ2v) is 6.97. The van der Waals surface area contributed by atoms with Crippen LogP contribution < -0.4 is 0 Å². The van der Waals surface area contributed by atoms with E-state index >= 15 is 0 Å². The quantitative estimate of drug-likeness (QED) is 0.332. The number of hydrogen-bond donors (Lipinski definition) is 0. The monoisotopic (exact) mass is 142 g/mol. The summed E-state index contributed by atoms with van der Waals surface area (Å²) >= 11 is 0. The summed E-state index contributed by atoms with van der Waals surface area (Å²) in [5.74, 6) is 0. The molecule has 0 fully saturated rings. The lowest BCUT2D eigenvalue weighted by Crippen LogP contribution is -2.22. The highest BCUT2D eigenvalue weighted by Crippen LogP contribution is 2.01. The van der Waals surface area contributed by atoms with Crippen LogP contribution in [0.25, 0.3) is 0 Å². The van der Waals surface area contributed by atoms with Gasteiger partial charge in [-0.05, 0) is 19.6 Å². The highest BCUT2D eigenvalue weighted by molar-refractivity contribution is 6.69. The maximum absolute atomic E-state index is 8.00. The highest BCUT2D eigenvalue weighted by Gasteiger charge is 2.14. The molecule has 0 unspecified atom stereocenters. The third-order valence-corrected chi connectivity index (χ3v) is 1.09. The second-order valence-electron chi connectivity index (χ2n) is 2.57. The maximum Gasteiger partial charge on any atom is 0.278 e. The smallest absolute Gasteiger partial charge is 0.278 e. The van der Waals surface area contributed by atoms with Crippen molar-refractivity contribution in [3.8, 4) is 6.07 Å². The molecule has 4 heteroatoms. The van der Waals surface area contributed by atoms with Gasteiger partial charge >= 0.3 is 0 Å². The van der Waals surface area contributed by atoms with E-state index in [0.29, 0.717) is 0 Å². The van der Waals surface area contributed by atoms with Crippen LogP contribution in [0.2, 0.25) is 19.6 Å². The number of hydrogen-bond acceptors (Lipinski definition) is 3. The number of nitrogens with zero attached hydrogens (tertiary/aromatic N) is 2. The van der Waals surface area contributed by atoms with Gasteiger partial charge in [-0.15, -0.1) is 0 Å². The molecule has 0 aliphatic carbocycles. The van der Waals surface area contributed by atoms with Gasteiger partial charge in [0.25, 0.3) is 8.32 Å². The Morgan fingerprint density at radius 1 is 1.56 bits per heavy atom. The lowest BCUT2D eigenvalue weighted by molar-refractivity contribution is 0.338. The van der Waals surface area contributed by atoms with E-state index < -0.39 is 8.32 Å². The summed E-state index contributed by atoms with van der Waals surface area (Å²) in [6, 6.07) is 1.75. The van der Waals surface area contributed by atoms with Gasteiger partial charge in [-0.2, -0.15) is 5.26 Å². The second kappa shape index (κ2) is 3.25. The topological polar surface area (TPSA) is 45.4 Å². The summed E-state index contributed by atoms with van der Waals surface area (Å²) in [5, 5.41) is 11.4. The van der Waals surface area contributed by atoms with E-state index in [-0.39, 0.29) is 0 Å². The van der Waals surface area contributed by atoms with Crippen molar-refractivity contribution in [3.05, 3.63) is 0 Å². The first-order valence-corrected chi connectivity index (χ1v) is 6.07. The summed E-state index contributed by atoms with van der Waals surface area (Å²) in [7, 11) is -1.54. The van der Waals surface area contributed by atoms with Gasteiger partial charge in [0.1, 0.15) is 12.3 Å². The Morgan fingerprint density at radius 2 is 2.11 bits per heavy atom. The predicted molar refractivity (Wildman–Crippen MR) is 38.5 cm³/mol. The molecule has 0 amide bonds. The first-order valence-electron chi connectivity index (χ1n) is 2.66. The largest absolute Gasteiger partial charge is 0.455 e. The summed E-state index contributed by atoms with van der Waals surface area (Å²) in [4.78, 5) is 0. The summed E-state index contributed by atoms with van der Waals surface area (Å²) < 4.78 is 4.96. The normalized spacial score (nSPS) is 11.3. The van der Waals surface area contributed by atoms with Gasteiger partial charge < -0.3 is 4.53 Å². The third-order valence-electron chi connectivity index (χ3n) is 0.437. The fourth-order valence-electron chi connectivity index (χ4n) is 0.208. The SMILES string of the molecule is C[Si](C)(C)ON=CC#N. The Labute approximate surface area is 56.1 Å². The Bertz CT molecular complexity index is 142. The van der Waals surface area contributed by atoms with E-state index in [1.165, 1.54) is 0 Å². The van der Waals surface area contributed by atoms with Crippen molar-refractivity contribution in [2.24, 2.45) is 5.16 Å². The molecule has 0 rings (SSSR count). The predicted octanol–water partition coefficient (Wildman–Crippen LogP) is 1.35. The van der Waals surface area contributed by atoms with Crippen molar-refractivity contribution in [2.75, 3.05) is 0 Å². The van der Waals surface area contributed by atoms with Crippen LogP contribution in [0, 0.1) is 11.3 Å². The molecule has 0 spiro atoms. The number of oxime groups is 1. The van der Waals surface area contributed by atoms with E-state index in [2.05, 4.69) is 5.16 Å². The van der Waals surface area contributed by atoms with Gasteiger partial charge in [0.05, 0.1) is 0 Å². The zero-order valence-corrected chi connectivity index (χ0v) is 6.88. The van der Waals surface area contributed by atoms with Crippen LogP contribution in [-0.4, -0.2) is 14.5 Å². The van der Waals surface area contributed by atoms with Crippen LogP contribution in [0.5, 0.6) is 0 Å². The molecule has 0 bridgehead atoms. The van der Waals surface area contributed by atoms with Gasteiger partial charge in [-0.3, -0.25) is 0 Å². The standard InChI is InChI=1S/C5H10N2OSi/c1-9(2,3)8-7-5-4-6/h5H,1-3H3. The average Bonchev–Trinajstić information content (AvgIpc) is 1.63. The molecular weight excluding hydrogens is 132 g/mol. The number of rotatable bonds is 2. The van der Waals surface area contributed by atoms with E-state index in [0.717, 1.165) is 6.21 Å². The molecule has 9 heavy (non-hydrogen) atoms. The molecule has 0 radical (unpaired) electrons. The maximum atomic E-state index is 8.00. The molecular formula is C5H10N2OSi. The zero-order valence-electron chi connectivity index (χ0n) is 5.88. The zero-order chi connectivity index (χ0) is 7.33. The summed E-state index contributed by atoms with van der Waals surface area (Å²) in [6.45, 7) is 6.01. The Balaban J connectivity index is 3.54. The van der Waals surface area contributed by atoms with Crippen molar-refractivity contribution >= 4 is 14.5 Å². The Hall–Kier alpha value is -0.823. The molecule has 0 aromatic heterocycles. The van der Waals surface area contributed by atoms with Crippen LogP contribution >= 0.6 is 0 Å². The van der Waals surface area contributed by atoms with Crippen LogP contribution in [0.1, 0.15) is 0 Å². The average molecular weight is 142 g/mol. The lowest BCUT2D eigenvalue weighted by atomic mass is 10.9. The highest BCUT2D eigenvalue weighted by atomic mass is 28.4. The lowest BCUT2D eigenvalue weighted by Gasteiger charge is -2.10. The Morgan fingerprint density at radius 3 is 2.44 bits per heavy atom. The van der Waals surface area contributed by atoms with Crippen LogP contribution in [-0.2, 0) is 4.53 Å². The number of nitriles is 1. The van der Waals surface area contributed by atoms with Gasteiger partial charge in [0.15, 0.2) is 0 Å². The molecule has 50 valence electrons. The van der Waals surface area contributed by atoms with Gasteiger partial charge in [0.2, 0.25) is 0 Å². The van der Waals surface area contributed by atoms with E-state index in [4.69, 9.17) is 9.79 Å². The van der Waals surface area contributed by atoms with Crippen molar-refractivity contribution in [1.82, 2.24) is 0 Å². The van der Waals surface area contributed by atoms with Crippen LogP contribution in [0.15, 0.2) is 5.16 Å². The molecule has 0 aliphatic heterocycles. The third kappa shape index (κ3) is 7.18. The Kier molecular flexibility index (Phi) is 2.95. The molecule has 0 aromatic carbocycles. The molecule has 0 aromatic rings. The molecule has 0 N–H and O–H groups in total. The van der Waals surface area contributed by atoms with Gasteiger partial charge in [-0.1, -0.05) is 5.16 Å². The van der Waals surface area contributed by atoms with E-state index in [9.17, 15) is 0 Å². The van der Waals surface area contributed by atoms with Crippen molar-refractivity contribution in [2.45, 2.75) is 19.6 Å². The fraction of sp³-hybridized carbons (Fsp3) is 0.600. The first-order chi connectivity index (χ1) is 4.06. The van der Waals surface area contributed by atoms with E-state index in [1.807, 2.05) is 19.6 Å². The van der Waals surface area contributed by atoms with Crippen LogP contribution in [0.3, 0.4) is 0 Å². The minimum atomic E-state index is -1.54. The summed E-state index contributed by atoms with van der Waals surface area (Å²) in [6.07, 6.45) is 1.10. The fourth-order valence-corrected chi connectivity index (χ4v) is 0.577. The summed E-state index contributed by atoms with van der Waals surface area (Å²) in [5.41, 5.74) is 0. The van der Waals surface area contributed by atoms with Crippen molar-refractivity contribution in [1.29, 1.82) is 5.26 Å². The van der Waals surface area contributed by atoms with Gasteiger partial charge in [-0.25, -0.2) is 0 Å². The minimum absolute atomic E-state index is 1.10. The molecule has 0 atom stereocenters. The molecule has 0 saturated heterocycles. The minimum Gasteiger partial charge on any atom is -0.455 e. The van der Waals surface area contributed by atoms with Crippen LogP contribution in [0.4, 0.5) is 0 Å². The van der Waals surface area contributed by atoms with Crippen molar-refractivity contribution in [3.63, 3.8) is 0 Å². The molecule has 3 nitrogen and oxygen atoms in total. The first kappa shape index (κ1) is 8.18. The van der Waals surface area contributed by atoms with Crippen molar-refractivity contribution < 1.29 is 4.53 Å². The molecule has 0 aliphatic rings. The van der Waals surface area contributed by atoms with Gasteiger partial charge in [0, 0.05) is 0 Å².